The fraction of sp³-hybridized carbons (Fsp3) is 0.227. The van der Waals surface area contributed by atoms with E-state index in [1.54, 1.807) is 36.1 Å². The Balaban J connectivity index is 1.72. The Hall–Kier alpha value is -3.59. The van der Waals surface area contributed by atoms with Crippen molar-refractivity contribution in [3.05, 3.63) is 74.5 Å². The second-order valence-electron chi connectivity index (χ2n) is 6.67. The van der Waals surface area contributed by atoms with E-state index in [9.17, 15) is 14.9 Å². The van der Waals surface area contributed by atoms with Gasteiger partial charge in [-0.25, -0.2) is 0 Å². The lowest BCUT2D eigenvalue weighted by Gasteiger charge is -2.25. The van der Waals surface area contributed by atoms with Crippen LogP contribution in [0.2, 0.25) is 0 Å². The van der Waals surface area contributed by atoms with Crippen molar-refractivity contribution in [1.29, 1.82) is 0 Å². The molecular weight excluding hydrogens is 420 g/mol. The summed E-state index contributed by atoms with van der Waals surface area (Å²) in [5.41, 5.74) is 0.562. The first-order valence-electron chi connectivity index (χ1n) is 9.72. The first-order valence-corrected chi connectivity index (χ1v) is 10.6. The molecule has 2 heterocycles. The average Bonchev–Trinajstić information content (AvgIpc) is 3.30. The topological polar surface area (TPSA) is 91.1 Å². The molecule has 9 heteroatoms. The van der Waals surface area contributed by atoms with Crippen molar-refractivity contribution < 1.29 is 23.9 Å². The summed E-state index contributed by atoms with van der Waals surface area (Å²) in [6.07, 6.45) is 0. The normalized spacial score (nSPS) is 12.3. The van der Waals surface area contributed by atoms with Gasteiger partial charge in [0.25, 0.3) is 5.91 Å². The number of ether oxygens (including phenoxy) is 3. The summed E-state index contributed by atoms with van der Waals surface area (Å²) in [5, 5.41) is 13.4. The number of amides is 1. The largest absolute Gasteiger partial charge is 0.487 e. The molecule has 4 rings (SSSR count). The van der Waals surface area contributed by atoms with Crippen LogP contribution in [0, 0.1) is 10.1 Å². The van der Waals surface area contributed by atoms with Gasteiger partial charge in [0.2, 0.25) is 0 Å². The molecule has 1 aliphatic heterocycles. The van der Waals surface area contributed by atoms with E-state index in [1.807, 2.05) is 17.5 Å². The molecule has 1 amide bonds. The quantitative estimate of drug-likeness (QED) is 0.392. The number of carbonyl (C=O) groups is 1. The third kappa shape index (κ3) is 4.46. The highest BCUT2D eigenvalue weighted by Gasteiger charge is 2.25. The first-order chi connectivity index (χ1) is 15.1. The molecule has 0 saturated carbocycles. The summed E-state index contributed by atoms with van der Waals surface area (Å²) in [7, 11) is 0. The Kier molecular flexibility index (Phi) is 6.03. The van der Waals surface area contributed by atoms with Gasteiger partial charge in [0, 0.05) is 28.3 Å². The minimum absolute atomic E-state index is 0.133. The molecule has 160 valence electrons. The van der Waals surface area contributed by atoms with Crippen LogP contribution in [0.25, 0.3) is 0 Å². The Labute approximate surface area is 182 Å². The van der Waals surface area contributed by atoms with Crippen LogP contribution in [-0.4, -0.2) is 30.7 Å². The summed E-state index contributed by atoms with van der Waals surface area (Å²) >= 11 is 1.53. The zero-order valence-corrected chi connectivity index (χ0v) is 17.6. The van der Waals surface area contributed by atoms with Crippen molar-refractivity contribution in [2.24, 2.45) is 0 Å². The number of nitro benzene ring substituents is 1. The lowest BCUT2D eigenvalue weighted by atomic mass is 10.1. The standard InChI is InChI=1S/C22H20N2O6S/c1-2-28-19-7-5-15(12-18(19)24(26)27)22(25)23(14-17-4-3-11-31-17)16-6-8-20-21(13-16)30-10-9-29-20/h3-8,11-13H,2,9-10,14H2,1H3. The molecule has 0 aliphatic carbocycles. The van der Waals surface area contributed by atoms with Gasteiger partial charge in [-0.1, -0.05) is 6.07 Å². The Morgan fingerprint density at radius 3 is 2.68 bits per heavy atom. The molecule has 8 nitrogen and oxygen atoms in total. The number of hydrogen-bond acceptors (Lipinski definition) is 7. The molecule has 0 N–H and O–H groups in total. The SMILES string of the molecule is CCOc1ccc(C(=O)N(Cc2cccs2)c2ccc3c(c2)OCCO3)cc1[N+](=O)[O-]. The molecule has 0 fully saturated rings. The Morgan fingerprint density at radius 2 is 1.97 bits per heavy atom. The predicted molar refractivity (Wildman–Crippen MR) is 117 cm³/mol. The molecule has 3 aromatic rings. The van der Waals surface area contributed by atoms with Gasteiger partial charge in [-0.2, -0.15) is 0 Å². The number of fused-ring (bicyclic) bond motifs is 1. The molecule has 0 saturated heterocycles. The second kappa shape index (κ2) is 9.05. The number of hydrogen-bond donors (Lipinski definition) is 0. The van der Waals surface area contributed by atoms with Crippen molar-refractivity contribution in [3.63, 3.8) is 0 Å². The summed E-state index contributed by atoms with van der Waals surface area (Å²) in [4.78, 5) is 27.0. The zero-order valence-electron chi connectivity index (χ0n) is 16.8. The number of nitrogens with zero attached hydrogens (tertiary/aromatic N) is 2. The van der Waals surface area contributed by atoms with Crippen molar-refractivity contribution in [2.75, 3.05) is 24.7 Å². The second-order valence-corrected chi connectivity index (χ2v) is 7.70. The maximum Gasteiger partial charge on any atom is 0.311 e. The van der Waals surface area contributed by atoms with E-state index < -0.39 is 4.92 Å². The van der Waals surface area contributed by atoms with Gasteiger partial charge in [-0.15, -0.1) is 11.3 Å². The van der Waals surface area contributed by atoms with Crippen LogP contribution in [0.3, 0.4) is 0 Å². The van der Waals surface area contributed by atoms with Crippen LogP contribution in [0.15, 0.2) is 53.9 Å². The maximum atomic E-state index is 13.5. The lowest BCUT2D eigenvalue weighted by Crippen LogP contribution is -2.30. The van der Waals surface area contributed by atoms with Crippen LogP contribution >= 0.6 is 11.3 Å². The smallest absolute Gasteiger partial charge is 0.311 e. The number of carbonyl (C=O) groups excluding carboxylic acids is 1. The summed E-state index contributed by atoms with van der Waals surface area (Å²) < 4.78 is 16.6. The molecule has 0 bridgehead atoms. The van der Waals surface area contributed by atoms with Gasteiger partial charge in [0.05, 0.1) is 18.1 Å². The van der Waals surface area contributed by atoms with Crippen LogP contribution in [0.5, 0.6) is 17.2 Å². The third-order valence-electron chi connectivity index (χ3n) is 4.68. The van der Waals surface area contributed by atoms with Crippen molar-refractivity contribution in [1.82, 2.24) is 0 Å². The number of rotatable bonds is 7. The molecule has 31 heavy (non-hydrogen) atoms. The van der Waals surface area contributed by atoms with Crippen molar-refractivity contribution >= 4 is 28.6 Å². The molecular formula is C22H20N2O6S. The Bertz CT molecular complexity index is 1100. The van der Waals surface area contributed by atoms with Gasteiger partial charge in [-0.3, -0.25) is 14.9 Å². The van der Waals surface area contributed by atoms with E-state index in [4.69, 9.17) is 14.2 Å². The highest BCUT2D eigenvalue weighted by molar-refractivity contribution is 7.09. The lowest BCUT2D eigenvalue weighted by molar-refractivity contribution is -0.385. The number of thiophene rings is 1. The van der Waals surface area contributed by atoms with Gasteiger partial charge in [-0.05, 0) is 42.6 Å². The van der Waals surface area contributed by atoms with E-state index in [2.05, 4.69) is 0 Å². The molecule has 0 unspecified atom stereocenters. The van der Waals surface area contributed by atoms with Crippen LogP contribution < -0.4 is 19.1 Å². The van der Waals surface area contributed by atoms with E-state index >= 15 is 0 Å². The third-order valence-corrected chi connectivity index (χ3v) is 5.54. The van der Waals surface area contributed by atoms with Crippen molar-refractivity contribution in [2.45, 2.75) is 13.5 Å². The molecule has 0 radical (unpaired) electrons. The zero-order chi connectivity index (χ0) is 21.8. The monoisotopic (exact) mass is 440 g/mol. The highest BCUT2D eigenvalue weighted by Crippen LogP contribution is 2.36. The maximum absolute atomic E-state index is 13.5. The number of nitro groups is 1. The summed E-state index contributed by atoms with van der Waals surface area (Å²) in [5.74, 6) is 0.949. The molecule has 1 aliphatic rings. The van der Waals surface area contributed by atoms with E-state index in [-0.39, 0.29) is 29.5 Å². The average molecular weight is 440 g/mol. The molecule has 1 aromatic heterocycles. The van der Waals surface area contributed by atoms with E-state index in [1.165, 1.54) is 23.5 Å². The van der Waals surface area contributed by atoms with Gasteiger partial charge >= 0.3 is 5.69 Å². The minimum Gasteiger partial charge on any atom is -0.487 e. The van der Waals surface area contributed by atoms with Gasteiger partial charge < -0.3 is 19.1 Å². The molecule has 0 spiro atoms. The van der Waals surface area contributed by atoms with E-state index in [0.29, 0.717) is 36.9 Å². The van der Waals surface area contributed by atoms with Crippen LogP contribution in [-0.2, 0) is 6.54 Å². The highest BCUT2D eigenvalue weighted by atomic mass is 32.1. The number of anilines is 1. The van der Waals surface area contributed by atoms with Crippen molar-refractivity contribution in [3.8, 4) is 17.2 Å². The first kappa shape index (κ1) is 20.7. The fourth-order valence-electron chi connectivity index (χ4n) is 3.27. The summed E-state index contributed by atoms with van der Waals surface area (Å²) in [6, 6.07) is 13.4. The number of benzene rings is 2. The fourth-order valence-corrected chi connectivity index (χ4v) is 3.96. The minimum atomic E-state index is -0.546. The van der Waals surface area contributed by atoms with E-state index in [0.717, 1.165) is 4.88 Å². The van der Waals surface area contributed by atoms with Crippen LogP contribution in [0.4, 0.5) is 11.4 Å². The van der Waals surface area contributed by atoms with Gasteiger partial charge in [0.15, 0.2) is 17.2 Å². The van der Waals surface area contributed by atoms with Crippen LogP contribution in [0.1, 0.15) is 22.2 Å². The molecule has 2 aromatic carbocycles. The summed E-state index contributed by atoms with van der Waals surface area (Å²) in [6.45, 7) is 3.25. The molecule has 0 atom stereocenters. The van der Waals surface area contributed by atoms with Gasteiger partial charge in [0.1, 0.15) is 13.2 Å². The predicted octanol–water partition coefficient (Wildman–Crippen LogP) is 4.67. The Morgan fingerprint density at radius 1 is 1.16 bits per heavy atom.